The topological polar surface area (TPSA) is 50.4 Å². The van der Waals surface area contributed by atoms with Crippen molar-refractivity contribution < 1.29 is 9.53 Å². The maximum absolute atomic E-state index is 11.5. The van der Waals surface area contributed by atoms with E-state index >= 15 is 0 Å². The molecule has 4 nitrogen and oxygen atoms in total. The highest BCUT2D eigenvalue weighted by Crippen LogP contribution is 2.27. The van der Waals surface area contributed by atoms with Crippen LogP contribution in [0.3, 0.4) is 0 Å². The molecule has 2 rings (SSSR count). The number of hydrogen-bond acceptors (Lipinski definition) is 3. The molecule has 0 aromatic rings. The molecule has 1 heterocycles. The van der Waals surface area contributed by atoms with Crippen LogP contribution in [0, 0.1) is 11.8 Å². The Kier molecular flexibility index (Phi) is 5.26. The smallest absolute Gasteiger partial charge is 0.233 e. The lowest BCUT2D eigenvalue weighted by molar-refractivity contribution is -0.120. The van der Waals surface area contributed by atoms with Crippen LogP contribution in [0.2, 0.25) is 0 Å². The summed E-state index contributed by atoms with van der Waals surface area (Å²) in [6, 6.07) is 0. The molecule has 98 valence electrons. The molecule has 1 amide bonds. The zero-order valence-electron chi connectivity index (χ0n) is 10.5. The summed E-state index contributed by atoms with van der Waals surface area (Å²) in [6.45, 7) is 4.08. The van der Waals surface area contributed by atoms with Crippen molar-refractivity contribution in [1.29, 1.82) is 0 Å². The van der Waals surface area contributed by atoms with Crippen molar-refractivity contribution in [2.24, 2.45) is 11.8 Å². The van der Waals surface area contributed by atoms with E-state index in [1.165, 1.54) is 12.8 Å². The molecule has 1 aliphatic carbocycles. The fourth-order valence-electron chi connectivity index (χ4n) is 2.23. The first-order chi connectivity index (χ1) is 8.34. The molecule has 0 aromatic heterocycles. The zero-order chi connectivity index (χ0) is 11.9. The van der Waals surface area contributed by atoms with Crippen molar-refractivity contribution in [2.75, 3.05) is 32.8 Å². The molecule has 4 heteroatoms. The van der Waals surface area contributed by atoms with Gasteiger partial charge in [0.2, 0.25) is 5.91 Å². The van der Waals surface area contributed by atoms with E-state index in [-0.39, 0.29) is 5.91 Å². The Bertz CT molecular complexity index is 236. The summed E-state index contributed by atoms with van der Waals surface area (Å²) in [4.78, 5) is 11.5. The average molecular weight is 240 g/mol. The van der Waals surface area contributed by atoms with Gasteiger partial charge in [-0.25, -0.2) is 0 Å². The fraction of sp³-hybridized carbons (Fsp3) is 0.923. The third-order valence-corrected chi connectivity index (χ3v) is 3.63. The van der Waals surface area contributed by atoms with Crippen LogP contribution in [-0.4, -0.2) is 38.8 Å². The first kappa shape index (κ1) is 12.8. The zero-order valence-corrected chi connectivity index (χ0v) is 10.5. The van der Waals surface area contributed by atoms with E-state index in [1.54, 1.807) is 0 Å². The molecule has 0 unspecified atom stereocenters. The molecule has 2 aliphatic rings. The highest BCUT2D eigenvalue weighted by Gasteiger charge is 2.20. The number of rotatable bonds is 7. The van der Waals surface area contributed by atoms with Gasteiger partial charge in [0.1, 0.15) is 0 Å². The Morgan fingerprint density at radius 1 is 1.12 bits per heavy atom. The highest BCUT2D eigenvalue weighted by atomic mass is 16.5. The number of carbonyl (C=O) groups excluding carboxylic acids is 1. The lowest BCUT2D eigenvalue weighted by atomic mass is 9.97. The largest absolute Gasteiger partial charge is 0.381 e. The number of carbonyl (C=O) groups is 1. The lowest BCUT2D eigenvalue weighted by Crippen LogP contribution is -2.36. The Morgan fingerprint density at radius 2 is 1.88 bits per heavy atom. The maximum Gasteiger partial charge on any atom is 0.233 e. The first-order valence-corrected chi connectivity index (χ1v) is 6.90. The van der Waals surface area contributed by atoms with E-state index in [0.29, 0.717) is 6.54 Å². The van der Waals surface area contributed by atoms with E-state index in [1.807, 2.05) is 0 Å². The normalized spacial score (nSPS) is 21.4. The van der Waals surface area contributed by atoms with Crippen molar-refractivity contribution in [3.63, 3.8) is 0 Å². The van der Waals surface area contributed by atoms with Gasteiger partial charge < -0.3 is 15.4 Å². The van der Waals surface area contributed by atoms with Crippen molar-refractivity contribution in [2.45, 2.75) is 32.1 Å². The molecule has 0 atom stereocenters. The van der Waals surface area contributed by atoms with Gasteiger partial charge in [0.15, 0.2) is 0 Å². The lowest BCUT2D eigenvalue weighted by Gasteiger charge is -2.21. The van der Waals surface area contributed by atoms with Crippen LogP contribution in [0.25, 0.3) is 0 Å². The fourth-order valence-corrected chi connectivity index (χ4v) is 2.23. The van der Waals surface area contributed by atoms with Crippen molar-refractivity contribution in [3.8, 4) is 0 Å². The minimum atomic E-state index is 0.137. The van der Waals surface area contributed by atoms with E-state index < -0.39 is 0 Å². The number of amides is 1. The van der Waals surface area contributed by atoms with Crippen LogP contribution in [0.15, 0.2) is 0 Å². The van der Waals surface area contributed by atoms with Gasteiger partial charge in [-0.05, 0) is 50.5 Å². The van der Waals surface area contributed by atoms with Crippen molar-refractivity contribution in [1.82, 2.24) is 10.6 Å². The van der Waals surface area contributed by atoms with Gasteiger partial charge in [-0.3, -0.25) is 4.79 Å². The molecule has 2 N–H and O–H groups in total. The minimum absolute atomic E-state index is 0.137. The van der Waals surface area contributed by atoms with Gasteiger partial charge in [-0.2, -0.15) is 0 Å². The number of ether oxygens (including phenoxy) is 1. The first-order valence-electron chi connectivity index (χ1n) is 6.90. The molecule has 1 saturated heterocycles. The van der Waals surface area contributed by atoms with Gasteiger partial charge in [-0.15, -0.1) is 0 Å². The second kappa shape index (κ2) is 6.97. The van der Waals surface area contributed by atoms with Crippen molar-refractivity contribution >= 4 is 5.91 Å². The minimum Gasteiger partial charge on any atom is -0.381 e. The summed E-state index contributed by atoms with van der Waals surface area (Å²) in [5, 5.41) is 6.19. The summed E-state index contributed by atoms with van der Waals surface area (Å²) < 4.78 is 5.31. The van der Waals surface area contributed by atoms with Gasteiger partial charge in [0, 0.05) is 19.8 Å². The summed E-state index contributed by atoms with van der Waals surface area (Å²) >= 11 is 0. The van der Waals surface area contributed by atoms with Crippen LogP contribution < -0.4 is 10.6 Å². The molecule has 0 spiro atoms. The van der Waals surface area contributed by atoms with E-state index in [2.05, 4.69) is 10.6 Å². The van der Waals surface area contributed by atoms with Crippen LogP contribution in [0.4, 0.5) is 0 Å². The SMILES string of the molecule is O=C(CNCC1CC1)NCCC1CCOCC1. The van der Waals surface area contributed by atoms with Crippen LogP contribution in [0.1, 0.15) is 32.1 Å². The van der Waals surface area contributed by atoms with Gasteiger partial charge in [-0.1, -0.05) is 0 Å². The molecule has 1 saturated carbocycles. The monoisotopic (exact) mass is 240 g/mol. The van der Waals surface area contributed by atoms with Crippen LogP contribution >= 0.6 is 0 Å². The molecule has 0 aromatic carbocycles. The Hall–Kier alpha value is -0.610. The molecule has 17 heavy (non-hydrogen) atoms. The Balaban J connectivity index is 1.44. The summed E-state index contributed by atoms with van der Waals surface area (Å²) in [7, 11) is 0. The Labute approximate surface area is 103 Å². The molecule has 1 aliphatic heterocycles. The summed E-state index contributed by atoms with van der Waals surface area (Å²) in [5.74, 6) is 1.71. The average Bonchev–Trinajstić information content (AvgIpc) is 3.14. The quantitative estimate of drug-likeness (QED) is 0.696. The molecular weight excluding hydrogens is 216 g/mol. The van der Waals surface area contributed by atoms with Gasteiger partial charge in [0.25, 0.3) is 0 Å². The number of nitrogens with one attached hydrogen (secondary N) is 2. The second-order valence-electron chi connectivity index (χ2n) is 5.27. The third kappa shape index (κ3) is 5.50. The van der Waals surface area contributed by atoms with Gasteiger partial charge >= 0.3 is 0 Å². The maximum atomic E-state index is 11.5. The van der Waals surface area contributed by atoms with Crippen molar-refractivity contribution in [3.05, 3.63) is 0 Å². The second-order valence-corrected chi connectivity index (χ2v) is 5.27. The van der Waals surface area contributed by atoms with E-state index in [4.69, 9.17) is 4.74 Å². The summed E-state index contributed by atoms with van der Waals surface area (Å²) in [5.41, 5.74) is 0. The highest BCUT2D eigenvalue weighted by molar-refractivity contribution is 5.77. The molecule has 2 fully saturated rings. The Morgan fingerprint density at radius 3 is 2.59 bits per heavy atom. The molecule has 0 radical (unpaired) electrons. The summed E-state index contributed by atoms with van der Waals surface area (Å²) in [6.07, 6.45) is 6.06. The molecular formula is C13H24N2O2. The predicted molar refractivity (Wildman–Crippen MR) is 66.8 cm³/mol. The standard InChI is InChI=1S/C13H24N2O2/c16-13(10-14-9-12-1-2-12)15-6-3-11-4-7-17-8-5-11/h11-12,14H,1-10H2,(H,15,16). The van der Waals surface area contributed by atoms with Crippen LogP contribution in [-0.2, 0) is 9.53 Å². The van der Waals surface area contributed by atoms with E-state index in [0.717, 1.165) is 57.4 Å². The predicted octanol–water partition coefficient (Wildman–Crippen LogP) is 0.919. The van der Waals surface area contributed by atoms with Crippen LogP contribution in [0.5, 0.6) is 0 Å². The number of hydrogen-bond donors (Lipinski definition) is 2. The van der Waals surface area contributed by atoms with E-state index in [9.17, 15) is 4.79 Å². The van der Waals surface area contributed by atoms with Gasteiger partial charge in [0.05, 0.1) is 6.54 Å². The third-order valence-electron chi connectivity index (χ3n) is 3.63. The molecule has 0 bridgehead atoms.